The van der Waals surface area contributed by atoms with Crippen molar-refractivity contribution < 1.29 is 14.7 Å². The van der Waals surface area contributed by atoms with E-state index in [0.29, 0.717) is 5.69 Å². The molecule has 0 radical (unpaired) electrons. The lowest BCUT2D eigenvalue weighted by Crippen LogP contribution is -2.33. The number of benzene rings is 1. The Labute approximate surface area is 142 Å². The van der Waals surface area contributed by atoms with E-state index in [1.807, 2.05) is 13.1 Å². The summed E-state index contributed by atoms with van der Waals surface area (Å²) in [7, 11) is 1.82. The minimum absolute atomic E-state index is 0.290. The number of aromatic nitrogens is 2. The highest BCUT2D eigenvalue weighted by atomic mass is 79.9. The highest BCUT2D eigenvalue weighted by Gasteiger charge is 2.29. The summed E-state index contributed by atoms with van der Waals surface area (Å²) >= 11 is 3.44. The van der Waals surface area contributed by atoms with Crippen molar-refractivity contribution in [3.63, 3.8) is 0 Å². The molecule has 2 N–H and O–H groups in total. The van der Waals surface area contributed by atoms with E-state index in [2.05, 4.69) is 26.3 Å². The summed E-state index contributed by atoms with van der Waals surface area (Å²) in [6, 6.07) is 7.22. The summed E-state index contributed by atoms with van der Waals surface area (Å²) in [4.78, 5) is 23.4. The van der Waals surface area contributed by atoms with E-state index in [1.54, 1.807) is 42.9 Å². The van der Waals surface area contributed by atoms with Gasteiger partial charge in [-0.15, -0.1) is 0 Å². The van der Waals surface area contributed by atoms with Gasteiger partial charge in [0.1, 0.15) is 5.92 Å². The molecule has 2 aromatic rings. The number of aryl methyl sites for hydroxylation is 1. The van der Waals surface area contributed by atoms with Gasteiger partial charge < -0.3 is 10.4 Å². The van der Waals surface area contributed by atoms with E-state index < -0.39 is 17.8 Å². The minimum atomic E-state index is -1.12. The van der Waals surface area contributed by atoms with E-state index >= 15 is 0 Å². The van der Waals surface area contributed by atoms with Gasteiger partial charge in [-0.2, -0.15) is 5.10 Å². The summed E-state index contributed by atoms with van der Waals surface area (Å²) in [6.45, 7) is 3.42. The van der Waals surface area contributed by atoms with Crippen molar-refractivity contribution in [1.29, 1.82) is 0 Å². The predicted molar refractivity (Wildman–Crippen MR) is 90.9 cm³/mol. The Kier molecular flexibility index (Phi) is 5.20. The van der Waals surface area contributed by atoms with Crippen LogP contribution in [0.25, 0.3) is 11.3 Å². The standard InChI is InChI=1S/C16H18BrN3O3/c1-9(2)13(16(22)23)15(21)19-11-6-4-5-10(7-11)14-12(17)8-18-20(14)3/h4-9,13H,1-3H3,(H,19,21)(H,22,23). The van der Waals surface area contributed by atoms with Gasteiger partial charge in [0.25, 0.3) is 0 Å². The fraction of sp³-hybridized carbons (Fsp3) is 0.312. The van der Waals surface area contributed by atoms with Crippen LogP contribution in [-0.2, 0) is 16.6 Å². The van der Waals surface area contributed by atoms with E-state index in [1.165, 1.54) is 0 Å². The first kappa shape index (κ1) is 17.2. The summed E-state index contributed by atoms with van der Waals surface area (Å²) in [5, 5.41) is 16.0. The Balaban J connectivity index is 2.27. The molecule has 0 saturated carbocycles. The number of halogens is 1. The summed E-state index contributed by atoms with van der Waals surface area (Å²) < 4.78 is 2.56. The normalized spacial score (nSPS) is 12.2. The van der Waals surface area contributed by atoms with Gasteiger partial charge in [0.15, 0.2) is 0 Å². The molecule has 0 aliphatic rings. The zero-order valence-electron chi connectivity index (χ0n) is 13.1. The maximum Gasteiger partial charge on any atom is 0.316 e. The van der Waals surface area contributed by atoms with Gasteiger partial charge in [-0.25, -0.2) is 0 Å². The number of carbonyl (C=O) groups excluding carboxylic acids is 1. The third-order valence-electron chi connectivity index (χ3n) is 3.51. The topological polar surface area (TPSA) is 84.2 Å². The maximum absolute atomic E-state index is 12.2. The molecular weight excluding hydrogens is 362 g/mol. The fourth-order valence-electron chi connectivity index (χ4n) is 2.40. The number of carbonyl (C=O) groups is 2. The van der Waals surface area contributed by atoms with Crippen molar-refractivity contribution in [2.75, 3.05) is 5.32 Å². The van der Waals surface area contributed by atoms with Crippen molar-refractivity contribution in [2.24, 2.45) is 18.9 Å². The van der Waals surface area contributed by atoms with Gasteiger partial charge in [0.05, 0.1) is 16.4 Å². The largest absolute Gasteiger partial charge is 0.481 e. The second kappa shape index (κ2) is 6.95. The number of hydrogen-bond donors (Lipinski definition) is 2. The molecule has 1 aromatic carbocycles. The van der Waals surface area contributed by atoms with Crippen molar-refractivity contribution in [3.8, 4) is 11.3 Å². The van der Waals surface area contributed by atoms with Crippen molar-refractivity contribution in [3.05, 3.63) is 34.9 Å². The third kappa shape index (κ3) is 3.79. The smallest absolute Gasteiger partial charge is 0.316 e. The van der Waals surface area contributed by atoms with E-state index in [4.69, 9.17) is 0 Å². The van der Waals surface area contributed by atoms with Crippen LogP contribution in [0.5, 0.6) is 0 Å². The van der Waals surface area contributed by atoms with E-state index in [0.717, 1.165) is 15.7 Å². The molecule has 1 heterocycles. The Bertz CT molecular complexity index is 720. The number of aliphatic carboxylic acids is 1. The highest BCUT2D eigenvalue weighted by molar-refractivity contribution is 9.10. The highest BCUT2D eigenvalue weighted by Crippen LogP contribution is 2.29. The zero-order valence-corrected chi connectivity index (χ0v) is 14.7. The number of amides is 1. The molecule has 0 aliphatic carbocycles. The van der Waals surface area contributed by atoms with Gasteiger partial charge in [0, 0.05) is 18.3 Å². The van der Waals surface area contributed by atoms with Crippen LogP contribution in [0.3, 0.4) is 0 Å². The third-order valence-corrected chi connectivity index (χ3v) is 4.09. The van der Waals surface area contributed by atoms with Gasteiger partial charge in [-0.3, -0.25) is 14.3 Å². The van der Waals surface area contributed by atoms with E-state index in [-0.39, 0.29) is 5.92 Å². The molecule has 1 unspecified atom stereocenters. The molecule has 6 nitrogen and oxygen atoms in total. The Hall–Kier alpha value is -2.15. The van der Waals surface area contributed by atoms with Crippen LogP contribution in [0.15, 0.2) is 34.9 Å². The minimum Gasteiger partial charge on any atom is -0.481 e. The van der Waals surface area contributed by atoms with Crippen LogP contribution in [0.2, 0.25) is 0 Å². The van der Waals surface area contributed by atoms with Crippen molar-refractivity contribution in [2.45, 2.75) is 13.8 Å². The molecule has 2 rings (SSSR count). The maximum atomic E-state index is 12.2. The molecule has 1 amide bonds. The van der Waals surface area contributed by atoms with Gasteiger partial charge in [-0.05, 0) is 34.0 Å². The van der Waals surface area contributed by atoms with Crippen LogP contribution in [0.4, 0.5) is 5.69 Å². The van der Waals surface area contributed by atoms with Crippen LogP contribution in [-0.4, -0.2) is 26.8 Å². The first-order valence-corrected chi connectivity index (χ1v) is 7.92. The van der Waals surface area contributed by atoms with Crippen molar-refractivity contribution in [1.82, 2.24) is 9.78 Å². The van der Waals surface area contributed by atoms with Crippen LogP contribution in [0, 0.1) is 11.8 Å². The first-order valence-electron chi connectivity index (χ1n) is 7.13. The zero-order chi connectivity index (χ0) is 17.1. The molecule has 0 fully saturated rings. The molecule has 0 spiro atoms. The molecule has 1 atom stereocenters. The number of anilines is 1. The molecule has 0 aliphatic heterocycles. The van der Waals surface area contributed by atoms with Crippen LogP contribution < -0.4 is 5.32 Å². The quantitative estimate of drug-likeness (QED) is 0.781. The Morgan fingerprint density at radius 2 is 2.04 bits per heavy atom. The molecule has 0 bridgehead atoms. The number of rotatable bonds is 5. The molecule has 23 heavy (non-hydrogen) atoms. The van der Waals surface area contributed by atoms with Gasteiger partial charge >= 0.3 is 5.97 Å². The fourth-order valence-corrected chi connectivity index (χ4v) is 2.98. The molecule has 1 aromatic heterocycles. The Morgan fingerprint density at radius 1 is 1.35 bits per heavy atom. The van der Waals surface area contributed by atoms with Crippen molar-refractivity contribution >= 4 is 33.5 Å². The number of hydrogen-bond acceptors (Lipinski definition) is 3. The number of nitrogens with zero attached hydrogens (tertiary/aromatic N) is 2. The molecule has 7 heteroatoms. The summed E-state index contributed by atoms with van der Waals surface area (Å²) in [5.74, 6) is -3.01. The monoisotopic (exact) mass is 379 g/mol. The first-order chi connectivity index (χ1) is 10.8. The second-order valence-corrected chi connectivity index (χ2v) is 6.45. The molecule has 122 valence electrons. The number of carboxylic acid groups (broad SMARTS) is 1. The SMILES string of the molecule is CC(C)C(C(=O)O)C(=O)Nc1cccc(-c2c(Br)cnn2C)c1. The molecule has 0 saturated heterocycles. The van der Waals surface area contributed by atoms with Gasteiger partial charge in [0.2, 0.25) is 5.91 Å². The van der Waals surface area contributed by atoms with Crippen LogP contribution in [0.1, 0.15) is 13.8 Å². The lowest BCUT2D eigenvalue weighted by Gasteiger charge is -2.16. The van der Waals surface area contributed by atoms with Gasteiger partial charge in [-0.1, -0.05) is 26.0 Å². The lowest BCUT2D eigenvalue weighted by molar-refractivity contribution is -0.147. The number of nitrogens with one attached hydrogen (secondary N) is 1. The number of carboxylic acids is 1. The summed E-state index contributed by atoms with van der Waals surface area (Å²) in [5.41, 5.74) is 2.29. The Morgan fingerprint density at radius 3 is 2.57 bits per heavy atom. The average molecular weight is 380 g/mol. The molecular formula is C16H18BrN3O3. The van der Waals surface area contributed by atoms with E-state index in [9.17, 15) is 14.7 Å². The summed E-state index contributed by atoms with van der Waals surface area (Å²) in [6.07, 6.45) is 1.69. The lowest BCUT2D eigenvalue weighted by atomic mass is 9.95. The average Bonchev–Trinajstić information content (AvgIpc) is 2.77. The second-order valence-electron chi connectivity index (χ2n) is 5.59. The predicted octanol–water partition coefficient (Wildman–Crippen LogP) is 3.14. The van der Waals surface area contributed by atoms with Crippen LogP contribution >= 0.6 is 15.9 Å².